The summed E-state index contributed by atoms with van der Waals surface area (Å²) < 4.78 is 28.9. The van der Waals surface area contributed by atoms with Gasteiger partial charge in [-0.3, -0.25) is 9.96 Å². The summed E-state index contributed by atoms with van der Waals surface area (Å²) in [4.78, 5) is 1.50. The largest absolute Gasteiger partial charge is 0.370 e. The molecule has 0 radical (unpaired) electrons. The van der Waals surface area contributed by atoms with Crippen LogP contribution in [0.2, 0.25) is 0 Å². The van der Waals surface area contributed by atoms with Crippen LogP contribution in [0.4, 0.5) is 0 Å². The Hall–Kier alpha value is -0.470. The smallest absolute Gasteiger partial charge is 0.319 e. The molecule has 0 amide bonds. The van der Waals surface area contributed by atoms with Gasteiger partial charge < -0.3 is 10.6 Å². The molecule has 6 nitrogen and oxygen atoms in total. The molecule has 0 aliphatic heterocycles. The van der Waals surface area contributed by atoms with Gasteiger partial charge in [0.15, 0.2) is 5.96 Å². The van der Waals surface area contributed by atoms with Crippen molar-refractivity contribution in [1.29, 1.82) is 5.41 Å². The number of hydrogen-bond acceptors (Lipinski definition) is 4. The third-order valence-corrected chi connectivity index (χ3v) is 3.36. The van der Waals surface area contributed by atoms with Gasteiger partial charge >= 0.3 is 9.15 Å². The summed E-state index contributed by atoms with van der Waals surface area (Å²) in [5, 5.41) is 7.07. The van der Waals surface area contributed by atoms with E-state index < -0.39 is 9.15 Å². The average Bonchev–Trinajstić information content (AvgIpc) is 1.95. The van der Waals surface area contributed by atoms with Crippen LogP contribution in [0, 0.1) is 5.41 Å². The first-order valence-corrected chi connectivity index (χ1v) is 6.52. The Morgan fingerprint density at radius 2 is 2.23 bits per heavy atom. The molecule has 0 aliphatic rings. The highest BCUT2D eigenvalue weighted by Gasteiger charge is 2.08. The third-order valence-electron chi connectivity index (χ3n) is 1.32. The molecule has 0 spiro atoms. The second-order valence-corrected chi connectivity index (χ2v) is 5.68. The van der Waals surface area contributed by atoms with Gasteiger partial charge in [-0.15, -0.1) is 0 Å². The highest BCUT2D eigenvalue weighted by molar-refractivity contribution is 8.69. The number of hydrogen-bond donors (Lipinski definition) is 3. The lowest BCUT2D eigenvalue weighted by molar-refractivity contribution is 0.460. The fourth-order valence-electron chi connectivity index (χ4n) is 0.702. The fourth-order valence-corrected chi connectivity index (χ4v) is 2.06. The number of rotatable bonds is 5. The van der Waals surface area contributed by atoms with Gasteiger partial charge in [-0.25, -0.2) is 0 Å². The zero-order valence-corrected chi connectivity index (χ0v) is 8.86. The predicted molar refractivity (Wildman–Crippen MR) is 53.2 cm³/mol. The minimum atomic E-state index is -3.98. The first-order valence-electron chi connectivity index (χ1n) is 3.57. The second-order valence-electron chi connectivity index (χ2n) is 2.21. The molecule has 0 aromatic heterocycles. The van der Waals surface area contributed by atoms with Crippen LogP contribution in [-0.2, 0) is 9.15 Å². The molecule has 0 aliphatic carbocycles. The van der Waals surface area contributed by atoms with Gasteiger partial charge in [0.1, 0.15) is 0 Å². The molecule has 0 atom stereocenters. The third kappa shape index (κ3) is 6.67. The lowest BCUT2D eigenvalue weighted by Crippen LogP contribution is -2.37. The Morgan fingerprint density at radius 3 is 2.54 bits per heavy atom. The van der Waals surface area contributed by atoms with E-state index in [4.69, 9.17) is 15.7 Å². The monoisotopic (exact) mass is 227 g/mol. The van der Waals surface area contributed by atoms with Crippen molar-refractivity contribution in [3.05, 3.63) is 0 Å². The SMILES string of the molecule is CCN(CCSS(=O)(=O)O)C(=N)N. The van der Waals surface area contributed by atoms with Gasteiger partial charge in [-0.1, -0.05) is 0 Å². The molecule has 78 valence electrons. The van der Waals surface area contributed by atoms with E-state index in [9.17, 15) is 8.42 Å². The predicted octanol–water partition coefficient (Wildman–Crippen LogP) is -0.262. The highest BCUT2D eigenvalue weighted by atomic mass is 33.1. The first-order chi connectivity index (χ1) is 5.87. The Morgan fingerprint density at radius 1 is 1.69 bits per heavy atom. The van der Waals surface area contributed by atoms with E-state index in [0.29, 0.717) is 23.9 Å². The first kappa shape index (κ1) is 12.5. The van der Waals surface area contributed by atoms with E-state index in [1.54, 1.807) is 6.92 Å². The Bertz CT molecular complexity index is 264. The van der Waals surface area contributed by atoms with Crippen LogP contribution in [0.5, 0.6) is 0 Å². The number of nitrogens with one attached hydrogen (secondary N) is 1. The molecule has 13 heavy (non-hydrogen) atoms. The van der Waals surface area contributed by atoms with Crippen molar-refractivity contribution in [2.45, 2.75) is 6.92 Å². The maximum Gasteiger partial charge on any atom is 0.319 e. The lowest BCUT2D eigenvalue weighted by Gasteiger charge is -2.19. The molecule has 0 unspecified atom stereocenters. The molecule has 0 aromatic rings. The molecular weight excluding hydrogens is 214 g/mol. The lowest BCUT2D eigenvalue weighted by atomic mass is 10.5. The number of guanidine groups is 1. The van der Waals surface area contributed by atoms with Crippen molar-refractivity contribution in [2.24, 2.45) is 5.73 Å². The zero-order chi connectivity index (χ0) is 10.5. The average molecular weight is 227 g/mol. The van der Waals surface area contributed by atoms with E-state index in [0.717, 1.165) is 0 Å². The molecule has 4 N–H and O–H groups in total. The van der Waals surface area contributed by atoms with Crippen LogP contribution in [0.3, 0.4) is 0 Å². The minimum absolute atomic E-state index is 0.0987. The quantitative estimate of drug-likeness (QED) is 0.258. The molecule has 8 heteroatoms. The van der Waals surface area contributed by atoms with Crippen LogP contribution in [-0.4, -0.2) is 42.7 Å². The molecule has 0 saturated heterocycles. The van der Waals surface area contributed by atoms with Crippen molar-refractivity contribution in [3.8, 4) is 0 Å². The molecule has 0 fully saturated rings. The summed E-state index contributed by atoms with van der Waals surface area (Å²) in [7, 11) is -3.55. The van der Waals surface area contributed by atoms with E-state index in [2.05, 4.69) is 0 Å². The Kier molecular flexibility index (Phi) is 5.11. The Labute approximate surface area is 81.1 Å². The van der Waals surface area contributed by atoms with E-state index >= 15 is 0 Å². The maximum atomic E-state index is 10.3. The van der Waals surface area contributed by atoms with Gasteiger partial charge in [0, 0.05) is 18.8 Å². The normalized spacial score (nSPS) is 11.2. The number of nitrogens with zero attached hydrogens (tertiary/aromatic N) is 1. The Balaban J connectivity index is 3.81. The standard InChI is InChI=1S/C5H13N3O3S2/c1-2-8(5(6)7)3-4-12-13(9,10)11/h2-4H2,1H3,(H3,6,7)(H,9,10,11). The molecule has 0 rings (SSSR count). The summed E-state index contributed by atoms with van der Waals surface area (Å²) in [6, 6.07) is 0. The fraction of sp³-hybridized carbons (Fsp3) is 0.800. The van der Waals surface area contributed by atoms with Gasteiger partial charge in [-0.2, -0.15) is 8.42 Å². The van der Waals surface area contributed by atoms with Gasteiger partial charge in [0.05, 0.1) is 0 Å². The molecule has 0 saturated carbocycles. The summed E-state index contributed by atoms with van der Waals surface area (Å²) in [6.45, 7) is 2.68. The van der Waals surface area contributed by atoms with E-state index in [-0.39, 0.29) is 11.7 Å². The van der Waals surface area contributed by atoms with Gasteiger partial charge in [-0.05, 0) is 17.7 Å². The van der Waals surface area contributed by atoms with Gasteiger partial charge in [0.25, 0.3) is 0 Å². The zero-order valence-electron chi connectivity index (χ0n) is 7.23. The summed E-state index contributed by atoms with van der Waals surface area (Å²) in [5.74, 6) is 0.0881. The summed E-state index contributed by atoms with van der Waals surface area (Å²) in [6.07, 6.45) is 0. The van der Waals surface area contributed by atoms with Crippen molar-refractivity contribution in [1.82, 2.24) is 4.90 Å². The topological polar surface area (TPSA) is 107 Å². The molecule has 0 bridgehead atoms. The van der Waals surface area contributed by atoms with Crippen LogP contribution in [0.15, 0.2) is 0 Å². The van der Waals surface area contributed by atoms with Crippen molar-refractivity contribution in [3.63, 3.8) is 0 Å². The van der Waals surface area contributed by atoms with E-state index in [1.165, 1.54) is 4.90 Å². The molecule has 0 heterocycles. The maximum absolute atomic E-state index is 10.3. The van der Waals surface area contributed by atoms with Crippen molar-refractivity contribution < 1.29 is 13.0 Å². The summed E-state index contributed by atoms with van der Waals surface area (Å²) in [5.41, 5.74) is 5.19. The van der Waals surface area contributed by atoms with Crippen LogP contribution in [0.1, 0.15) is 6.92 Å². The van der Waals surface area contributed by atoms with Crippen molar-refractivity contribution in [2.75, 3.05) is 18.8 Å². The highest BCUT2D eigenvalue weighted by Crippen LogP contribution is 2.08. The number of nitrogens with two attached hydrogens (primary N) is 1. The van der Waals surface area contributed by atoms with Crippen LogP contribution < -0.4 is 5.73 Å². The summed E-state index contributed by atoms with van der Waals surface area (Å²) >= 11 is 0. The molecule has 0 aromatic carbocycles. The van der Waals surface area contributed by atoms with E-state index in [1.807, 2.05) is 0 Å². The second kappa shape index (κ2) is 5.30. The van der Waals surface area contributed by atoms with Crippen molar-refractivity contribution >= 4 is 25.9 Å². The minimum Gasteiger partial charge on any atom is -0.370 e. The van der Waals surface area contributed by atoms with Gasteiger partial charge in [0.2, 0.25) is 0 Å². The van der Waals surface area contributed by atoms with Crippen LogP contribution in [0.25, 0.3) is 0 Å². The van der Waals surface area contributed by atoms with Crippen LogP contribution >= 0.6 is 10.8 Å². The molecular formula is C5H13N3O3S2.